The number of halogens is 2. The predicted octanol–water partition coefficient (Wildman–Crippen LogP) is 6.19. The Morgan fingerprint density at radius 1 is 1.19 bits per heavy atom. The van der Waals surface area contributed by atoms with E-state index in [-0.39, 0.29) is 11.3 Å². The maximum atomic E-state index is 13.9. The molecular weight excluding hydrogens is 266 g/mol. The molecule has 0 nitrogen and oxygen atoms in total. The highest BCUT2D eigenvalue weighted by Crippen LogP contribution is 2.38. The molecule has 0 saturated heterocycles. The number of benzene rings is 2. The van der Waals surface area contributed by atoms with Crippen molar-refractivity contribution in [2.45, 2.75) is 51.3 Å². The van der Waals surface area contributed by atoms with Gasteiger partial charge in [-0.3, -0.25) is 0 Å². The van der Waals surface area contributed by atoms with E-state index in [1.807, 2.05) is 0 Å². The fraction of sp³-hybridized carbons (Fsp3) is 0.474. The van der Waals surface area contributed by atoms with Gasteiger partial charge in [0, 0.05) is 9.50 Å². The Balaban J connectivity index is 1.98. The van der Waals surface area contributed by atoms with Crippen molar-refractivity contribution < 1.29 is 12.9 Å². The second-order valence-corrected chi connectivity index (χ2v) is 5.85. The molecule has 1 aliphatic carbocycles. The molecule has 3 rings (SSSR count). The van der Waals surface area contributed by atoms with Crippen LogP contribution in [0.4, 0.5) is 8.78 Å². The summed E-state index contributed by atoms with van der Waals surface area (Å²) in [5, 5.41) is 0.741. The maximum Gasteiger partial charge on any atom is 0.166 e. The quantitative estimate of drug-likeness (QED) is 0.632. The first-order chi connectivity index (χ1) is 11.3. The lowest BCUT2D eigenvalue weighted by atomic mass is 9.77. The fourth-order valence-electron chi connectivity index (χ4n) is 3.15. The van der Waals surface area contributed by atoms with E-state index in [1.165, 1.54) is 12.1 Å². The minimum atomic E-state index is -1.46. The molecule has 0 heterocycles. The molecule has 0 amide bonds. The Bertz CT molecular complexity index is 745. The van der Waals surface area contributed by atoms with Crippen LogP contribution in [0.1, 0.15) is 61.0 Å². The summed E-state index contributed by atoms with van der Waals surface area (Å²) in [5.74, 6) is -2.06. The standard InChI is InChI=1S/C19H22F2/c1-2-3-13-4-6-14(7-5-13)15-8-10-17-16(12-15)9-11-18(20)19(17)21/h8-14H,2-7H2,1H3/i6D,7D2. The van der Waals surface area contributed by atoms with Gasteiger partial charge in [-0.15, -0.1) is 0 Å². The molecule has 0 radical (unpaired) electrons. The first kappa shape index (κ1) is 11.2. The lowest BCUT2D eigenvalue weighted by molar-refractivity contribution is 0.308. The van der Waals surface area contributed by atoms with Gasteiger partial charge < -0.3 is 0 Å². The first-order valence-electron chi connectivity index (χ1n) is 9.21. The van der Waals surface area contributed by atoms with E-state index in [4.69, 9.17) is 4.11 Å². The summed E-state index contributed by atoms with van der Waals surface area (Å²) >= 11 is 0. The van der Waals surface area contributed by atoms with E-state index in [0.29, 0.717) is 23.8 Å². The van der Waals surface area contributed by atoms with E-state index in [9.17, 15) is 8.78 Å². The van der Waals surface area contributed by atoms with Gasteiger partial charge in [-0.2, -0.15) is 0 Å². The summed E-state index contributed by atoms with van der Waals surface area (Å²) in [7, 11) is 0. The molecule has 3 atom stereocenters. The Hall–Kier alpha value is -1.44. The van der Waals surface area contributed by atoms with Crippen molar-refractivity contribution in [2.24, 2.45) is 5.92 Å². The minimum Gasteiger partial charge on any atom is -0.204 e. The zero-order valence-corrected chi connectivity index (χ0v) is 12.2. The van der Waals surface area contributed by atoms with Crippen molar-refractivity contribution in [3.63, 3.8) is 0 Å². The first-order valence-corrected chi connectivity index (χ1v) is 7.63. The highest BCUT2D eigenvalue weighted by Gasteiger charge is 2.22. The largest absolute Gasteiger partial charge is 0.204 e. The Kier molecular flexibility index (Phi) is 3.26. The van der Waals surface area contributed by atoms with Gasteiger partial charge >= 0.3 is 0 Å². The summed E-state index contributed by atoms with van der Waals surface area (Å²) in [4.78, 5) is 0. The van der Waals surface area contributed by atoms with Crippen LogP contribution in [-0.2, 0) is 0 Å². The van der Waals surface area contributed by atoms with Crippen molar-refractivity contribution in [1.29, 1.82) is 0 Å². The van der Waals surface area contributed by atoms with Crippen LogP contribution in [-0.4, -0.2) is 0 Å². The second-order valence-electron chi connectivity index (χ2n) is 5.85. The van der Waals surface area contributed by atoms with Crippen LogP contribution in [0, 0.1) is 17.6 Å². The van der Waals surface area contributed by atoms with Crippen LogP contribution in [0.25, 0.3) is 10.8 Å². The van der Waals surface area contributed by atoms with Gasteiger partial charge in [-0.25, -0.2) is 8.78 Å². The normalized spacial score (nSPS) is 30.6. The van der Waals surface area contributed by atoms with Gasteiger partial charge in [0.05, 0.1) is 0 Å². The third-order valence-electron chi connectivity index (χ3n) is 4.32. The van der Waals surface area contributed by atoms with Crippen molar-refractivity contribution in [2.75, 3.05) is 0 Å². The van der Waals surface area contributed by atoms with Crippen LogP contribution in [0.2, 0.25) is 0 Å². The molecule has 0 aliphatic heterocycles. The Morgan fingerprint density at radius 3 is 2.81 bits per heavy atom. The molecule has 3 unspecified atom stereocenters. The summed E-state index contributed by atoms with van der Waals surface area (Å²) in [6.07, 6.45) is 1.11. The number of rotatable bonds is 3. The van der Waals surface area contributed by atoms with E-state index in [0.717, 1.165) is 18.9 Å². The molecule has 112 valence electrons. The number of hydrogen-bond acceptors (Lipinski definition) is 0. The van der Waals surface area contributed by atoms with Crippen LogP contribution in [0.15, 0.2) is 30.3 Å². The predicted molar refractivity (Wildman–Crippen MR) is 83.5 cm³/mol. The van der Waals surface area contributed by atoms with Crippen molar-refractivity contribution in [1.82, 2.24) is 0 Å². The zero-order valence-electron chi connectivity index (χ0n) is 15.2. The van der Waals surface area contributed by atoms with Crippen LogP contribution in [0.5, 0.6) is 0 Å². The summed E-state index contributed by atoms with van der Waals surface area (Å²) in [6, 6.07) is 7.46. The lowest BCUT2D eigenvalue weighted by Gasteiger charge is -2.28. The van der Waals surface area contributed by atoms with Crippen molar-refractivity contribution >= 4 is 10.8 Å². The molecule has 0 bridgehead atoms. The third-order valence-corrected chi connectivity index (χ3v) is 4.32. The topological polar surface area (TPSA) is 0 Å². The molecule has 2 aromatic rings. The lowest BCUT2D eigenvalue weighted by Crippen LogP contribution is -2.13. The summed E-state index contributed by atoms with van der Waals surface area (Å²) in [5.41, 5.74) is 0.702. The van der Waals surface area contributed by atoms with E-state index in [1.54, 1.807) is 12.1 Å². The van der Waals surface area contributed by atoms with E-state index in [2.05, 4.69) is 6.92 Å². The molecule has 0 spiro atoms. The van der Waals surface area contributed by atoms with Crippen LogP contribution >= 0.6 is 0 Å². The van der Waals surface area contributed by atoms with Gasteiger partial charge in [0.1, 0.15) is 0 Å². The van der Waals surface area contributed by atoms with Crippen molar-refractivity contribution in [3.8, 4) is 0 Å². The fourth-order valence-corrected chi connectivity index (χ4v) is 3.15. The molecule has 2 aromatic carbocycles. The molecular formula is C19H22F2. The van der Waals surface area contributed by atoms with Gasteiger partial charge in [-0.1, -0.05) is 44.0 Å². The van der Waals surface area contributed by atoms with Gasteiger partial charge in [-0.05, 0) is 54.5 Å². The Morgan fingerprint density at radius 2 is 2.05 bits per heavy atom. The highest BCUT2D eigenvalue weighted by molar-refractivity contribution is 5.84. The van der Waals surface area contributed by atoms with Gasteiger partial charge in [0.15, 0.2) is 11.6 Å². The summed E-state index contributed by atoms with van der Waals surface area (Å²) in [6.45, 7) is 2.08. The molecule has 1 saturated carbocycles. The third kappa shape index (κ3) is 2.95. The SMILES string of the molecule is [2H]C1CC(CCC)CC([2H])([2H])C1c1ccc2c(F)c(F)ccc2c1. The molecule has 0 aromatic heterocycles. The molecule has 2 heteroatoms. The van der Waals surface area contributed by atoms with E-state index >= 15 is 0 Å². The average molecular weight is 291 g/mol. The number of fused-ring (bicyclic) bond motifs is 1. The molecule has 1 aliphatic rings. The number of hydrogen-bond donors (Lipinski definition) is 0. The molecule has 21 heavy (non-hydrogen) atoms. The monoisotopic (exact) mass is 291 g/mol. The van der Waals surface area contributed by atoms with Crippen LogP contribution < -0.4 is 0 Å². The molecule has 1 fully saturated rings. The second kappa shape index (κ2) is 6.13. The van der Waals surface area contributed by atoms with Gasteiger partial charge in [0.2, 0.25) is 0 Å². The Labute approximate surface area is 129 Å². The van der Waals surface area contributed by atoms with Gasteiger partial charge in [0.25, 0.3) is 0 Å². The zero-order chi connectivity index (χ0) is 17.5. The highest BCUT2D eigenvalue weighted by atomic mass is 19.2. The van der Waals surface area contributed by atoms with E-state index < -0.39 is 30.3 Å². The molecule has 0 N–H and O–H groups in total. The minimum absolute atomic E-state index is 0.195. The van der Waals surface area contributed by atoms with Crippen molar-refractivity contribution in [3.05, 3.63) is 47.5 Å². The maximum absolute atomic E-state index is 13.9. The van der Waals surface area contributed by atoms with Crippen LogP contribution in [0.3, 0.4) is 0 Å². The summed E-state index contributed by atoms with van der Waals surface area (Å²) < 4.78 is 52.5. The smallest absolute Gasteiger partial charge is 0.166 e. The average Bonchev–Trinajstić information content (AvgIpc) is 2.50.